The van der Waals surface area contributed by atoms with E-state index in [1.165, 1.54) is 0 Å². The summed E-state index contributed by atoms with van der Waals surface area (Å²) in [6, 6.07) is 0. The van der Waals surface area contributed by atoms with Gasteiger partial charge in [-0.2, -0.15) is 0 Å². The first kappa shape index (κ1) is 37.7. The highest BCUT2D eigenvalue weighted by Crippen LogP contribution is 2.89. The fourth-order valence-electron chi connectivity index (χ4n) is 14.0. The van der Waals surface area contributed by atoms with Crippen molar-refractivity contribution in [3.63, 3.8) is 0 Å². The Hall–Kier alpha value is -1.19. The number of aliphatic hydroxyl groups excluding tert-OH is 6. The predicted molar refractivity (Wildman–Crippen MR) is 185 cm³/mol. The van der Waals surface area contributed by atoms with E-state index in [9.17, 15) is 35.4 Å². The molecule has 0 radical (unpaired) electrons. The van der Waals surface area contributed by atoms with Crippen molar-refractivity contribution in [2.75, 3.05) is 13.2 Å². The highest BCUT2D eigenvalue weighted by Gasteiger charge is 2.84. The van der Waals surface area contributed by atoms with Gasteiger partial charge in [-0.1, -0.05) is 48.5 Å². The van der Waals surface area contributed by atoms with E-state index in [-0.39, 0.29) is 70.6 Å². The van der Waals surface area contributed by atoms with Gasteiger partial charge in [0.2, 0.25) is 0 Å². The molecule has 5 saturated carbocycles. The molecule has 3 aliphatic heterocycles. The molecule has 0 amide bonds. The van der Waals surface area contributed by atoms with Gasteiger partial charge in [-0.3, -0.25) is 4.79 Å². The third-order valence-electron chi connectivity index (χ3n) is 16.5. The van der Waals surface area contributed by atoms with Crippen molar-refractivity contribution in [1.29, 1.82) is 0 Å². The van der Waals surface area contributed by atoms with Crippen molar-refractivity contribution in [2.45, 2.75) is 161 Å². The smallest absolute Gasteiger partial charge is 0.199 e. The Labute approximate surface area is 307 Å². The predicted octanol–water partition coefficient (Wildman–Crippen LogP) is 2.44. The van der Waals surface area contributed by atoms with E-state index in [1.807, 2.05) is 13.8 Å². The molecule has 294 valence electrons. The highest BCUT2D eigenvalue weighted by molar-refractivity contribution is 5.95. The van der Waals surface area contributed by atoms with E-state index in [0.717, 1.165) is 32.1 Å². The Morgan fingerprint density at radius 2 is 1.50 bits per heavy atom. The van der Waals surface area contributed by atoms with Crippen molar-refractivity contribution in [3.05, 3.63) is 11.8 Å². The van der Waals surface area contributed by atoms with Gasteiger partial charge < -0.3 is 54.3 Å². The van der Waals surface area contributed by atoms with E-state index in [2.05, 4.69) is 40.7 Å². The molecule has 5 aliphatic carbocycles. The van der Waals surface area contributed by atoms with Gasteiger partial charge in [-0.15, -0.1) is 0 Å². The van der Waals surface area contributed by atoms with Gasteiger partial charge in [-0.05, 0) is 95.9 Å². The van der Waals surface area contributed by atoms with Crippen LogP contribution in [0.4, 0.5) is 0 Å². The molecule has 19 atom stereocenters. The van der Waals surface area contributed by atoms with Crippen LogP contribution in [0.1, 0.15) is 93.4 Å². The number of hydrogen-bond donors (Lipinski definition) is 6. The fraction of sp³-hybridized carbons (Fsp3) is 0.925. The molecular formula is C40H62O12. The number of hydrogen-bond acceptors (Lipinski definition) is 12. The summed E-state index contributed by atoms with van der Waals surface area (Å²) in [6.07, 6.45) is -3.17. The summed E-state index contributed by atoms with van der Waals surface area (Å²) in [6.45, 7) is 14.9. The van der Waals surface area contributed by atoms with E-state index in [4.69, 9.17) is 23.7 Å². The number of carbonyl (C=O) groups is 1. The number of rotatable bonds is 6. The molecule has 12 heteroatoms. The van der Waals surface area contributed by atoms with Crippen LogP contribution in [0.5, 0.6) is 0 Å². The molecule has 0 aromatic rings. The first-order valence-corrected chi connectivity index (χ1v) is 19.9. The molecule has 12 nitrogen and oxygen atoms in total. The van der Waals surface area contributed by atoms with Crippen molar-refractivity contribution >= 4 is 5.78 Å². The Kier molecular flexibility index (Phi) is 9.00. The summed E-state index contributed by atoms with van der Waals surface area (Å²) in [7, 11) is 0. The topological polar surface area (TPSA) is 185 Å². The summed E-state index contributed by atoms with van der Waals surface area (Å²) in [4.78, 5) is 13.1. The van der Waals surface area contributed by atoms with Gasteiger partial charge in [-0.25, -0.2) is 0 Å². The summed E-state index contributed by atoms with van der Waals surface area (Å²) in [5, 5.41) is 64.6. The lowest BCUT2D eigenvalue weighted by molar-refractivity contribution is -0.356. The van der Waals surface area contributed by atoms with Crippen molar-refractivity contribution in [1.82, 2.24) is 0 Å². The Balaban J connectivity index is 1.02. The summed E-state index contributed by atoms with van der Waals surface area (Å²) >= 11 is 0. The molecule has 2 saturated heterocycles. The maximum absolute atomic E-state index is 13.1. The normalized spacial score (nSPS) is 56.3. The number of aliphatic hydroxyl groups is 6. The molecule has 7 fully saturated rings. The lowest BCUT2D eigenvalue weighted by Crippen LogP contribution is -2.63. The minimum atomic E-state index is -1.59. The number of carbonyl (C=O) groups excluding carboxylic acids is 1. The van der Waals surface area contributed by atoms with Crippen molar-refractivity contribution in [3.8, 4) is 0 Å². The van der Waals surface area contributed by atoms with Gasteiger partial charge in [0.1, 0.15) is 42.7 Å². The minimum Gasteiger partial charge on any atom is -0.487 e. The maximum atomic E-state index is 13.1. The van der Waals surface area contributed by atoms with Gasteiger partial charge in [0.05, 0.1) is 25.4 Å². The van der Waals surface area contributed by atoms with E-state index in [0.29, 0.717) is 30.4 Å². The molecule has 19 unspecified atom stereocenters. The van der Waals surface area contributed by atoms with Crippen LogP contribution in [0.2, 0.25) is 0 Å². The molecule has 6 N–H and O–H groups in total. The monoisotopic (exact) mass is 734 g/mol. The minimum absolute atomic E-state index is 0.0130. The van der Waals surface area contributed by atoms with Crippen molar-refractivity contribution in [2.24, 2.45) is 56.7 Å². The molecule has 3 heterocycles. The molecule has 0 aromatic heterocycles. The molecule has 0 aromatic carbocycles. The zero-order valence-corrected chi connectivity index (χ0v) is 31.8. The van der Waals surface area contributed by atoms with Crippen LogP contribution in [0, 0.1) is 56.7 Å². The van der Waals surface area contributed by atoms with Crippen LogP contribution < -0.4 is 0 Å². The third-order valence-corrected chi connectivity index (χ3v) is 16.5. The number of ketones is 1. The second kappa shape index (κ2) is 12.4. The van der Waals surface area contributed by atoms with Gasteiger partial charge >= 0.3 is 0 Å². The van der Waals surface area contributed by atoms with E-state index in [1.54, 1.807) is 0 Å². The lowest BCUT2D eigenvalue weighted by atomic mass is 9.41. The SMILES string of the molecule is CC(C)C(=O)C1=CC(C)C2C(CC3(C)C4CC(O)C5C(C)(C)C(OC6OCC(O)C(O)C6OC6OCC(O)C(O)C6O)CCC56CC46CCC23C)O1. The second-order valence-electron chi connectivity index (χ2n) is 19.5. The number of Topliss-reactive ketones (excluding diaryl/α,β-unsaturated/α-hetero) is 1. The number of fused-ring (bicyclic) bond motifs is 4. The average molecular weight is 735 g/mol. The molecule has 8 aliphatic rings. The zero-order valence-electron chi connectivity index (χ0n) is 31.8. The number of ether oxygens (including phenoxy) is 5. The average Bonchev–Trinajstić information content (AvgIpc) is 3.66. The van der Waals surface area contributed by atoms with Crippen LogP contribution in [-0.4, -0.2) is 117 Å². The van der Waals surface area contributed by atoms with Crippen LogP contribution >= 0.6 is 0 Å². The first-order valence-electron chi connectivity index (χ1n) is 19.9. The molecule has 8 rings (SSSR count). The van der Waals surface area contributed by atoms with E-state index < -0.39 is 60.7 Å². The largest absolute Gasteiger partial charge is 0.487 e. The quantitative estimate of drug-likeness (QED) is 0.220. The summed E-state index contributed by atoms with van der Waals surface area (Å²) in [5.41, 5.74) is -0.442. The van der Waals surface area contributed by atoms with Gasteiger partial charge in [0.25, 0.3) is 0 Å². The standard InChI is InChI=1S/C40H62O12/c1-18(2)28(44)23-12-19(3)27-24(50-23)14-38(7)25-13-20(41)33-36(4,5)26(8-9-40(33)17-39(25,40)11-10-37(27,38)6)51-35-32(30(46)22(43)16-49-35)52-34-31(47)29(45)21(42)15-48-34/h12,18-22,24-27,29-35,41-43,45-47H,8-11,13-17H2,1-7H3. The number of allylic oxidation sites excluding steroid dienone is 2. The third kappa shape index (κ3) is 5.04. The van der Waals surface area contributed by atoms with Crippen LogP contribution in [0.3, 0.4) is 0 Å². The Morgan fingerprint density at radius 1 is 0.827 bits per heavy atom. The van der Waals surface area contributed by atoms with Crippen molar-refractivity contribution < 1.29 is 59.1 Å². The zero-order chi connectivity index (χ0) is 37.5. The van der Waals surface area contributed by atoms with Crippen LogP contribution in [0.15, 0.2) is 11.8 Å². The molecular weight excluding hydrogens is 672 g/mol. The summed E-state index contributed by atoms with van der Waals surface area (Å²) < 4.78 is 30.7. The molecule has 2 spiro atoms. The molecule has 52 heavy (non-hydrogen) atoms. The van der Waals surface area contributed by atoms with Crippen LogP contribution in [0.25, 0.3) is 0 Å². The maximum Gasteiger partial charge on any atom is 0.199 e. The van der Waals surface area contributed by atoms with Gasteiger partial charge in [0, 0.05) is 11.8 Å². The molecule has 0 bridgehead atoms. The Morgan fingerprint density at radius 3 is 2.19 bits per heavy atom. The Bertz CT molecular complexity index is 1450. The first-order chi connectivity index (χ1) is 24.3. The second-order valence-corrected chi connectivity index (χ2v) is 19.5. The summed E-state index contributed by atoms with van der Waals surface area (Å²) in [5.74, 6) is 1.34. The lowest BCUT2D eigenvalue weighted by Gasteiger charge is -2.64. The fourth-order valence-corrected chi connectivity index (χ4v) is 14.0. The van der Waals surface area contributed by atoms with E-state index >= 15 is 0 Å². The van der Waals surface area contributed by atoms with Crippen LogP contribution in [-0.2, 0) is 28.5 Å². The highest BCUT2D eigenvalue weighted by atomic mass is 16.7. The van der Waals surface area contributed by atoms with Gasteiger partial charge in [0.15, 0.2) is 24.1 Å².